The summed E-state index contributed by atoms with van der Waals surface area (Å²) in [5.74, 6) is 0.398. The number of tetrazole rings is 1. The van der Waals surface area contributed by atoms with Crippen LogP contribution in [-0.2, 0) is 24.4 Å². The number of nitrogens with one attached hydrogen (secondary N) is 1. The van der Waals surface area contributed by atoms with Crippen LogP contribution in [0.2, 0.25) is 0 Å². The van der Waals surface area contributed by atoms with E-state index in [4.69, 9.17) is 4.74 Å². The molecule has 2 aromatic carbocycles. The molecule has 1 aliphatic rings. The summed E-state index contributed by atoms with van der Waals surface area (Å²) in [7, 11) is 0. The summed E-state index contributed by atoms with van der Waals surface area (Å²) in [6.07, 6.45) is 2.14. The van der Waals surface area contributed by atoms with Gasteiger partial charge in [-0.15, -0.1) is 5.10 Å². The van der Waals surface area contributed by atoms with Gasteiger partial charge in [0.1, 0.15) is 5.82 Å². The molecule has 1 fully saturated rings. The maximum atomic E-state index is 13.3. The Kier molecular flexibility index (Phi) is 6.46. The van der Waals surface area contributed by atoms with E-state index >= 15 is 0 Å². The number of fused-ring (bicyclic) bond motifs is 1. The van der Waals surface area contributed by atoms with Crippen LogP contribution in [0.25, 0.3) is 10.9 Å². The Morgan fingerprint density at radius 2 is 2.03 bits per heavy atom. The quantitative estimate of drug-likeness (QED) is 0.433. The molecule has 0 spiro atoms. The van der Waals surface area contributed by atoms with E-state index in [-0.39, 0.29) is 17.5 Å². The van der Waals surface area contributed by atoms with Crippen molar-refractivity contribution in [3.8, 4) is 0 Å². The molecule has 8 nitrogen and oxygen atoms in total. The fourth-order valence-electron chi connectivity index (χ4n) is 4.41. The second-order valence-electron chi connectivity index (χ2n) is 8.90. The van der Waals surface area contributed by atoms with Crippen LogP contribution < -0.4 is 5.56 Å². The van der Waals surface area contributed by atoms with Crippen molar-refractivity contribution in [2.75, 3.05) is 13.2 Å². The predicted molar refractivity (Wildman–Crippen MR) is 126 cm³/mol. The number of halogens is 1. The molecule has 3 heterocycles. The van der Waals surface area contributed by atoms with E-state index in [0.717, 1.165) is 41.5 Å². The fourth-order valence-corrected chi connectivity index (χ4v) is 4.41. The smallest absolute Gasteiger partial charge is 0.252 e. The van der Waals surface area contributed by atoms with Crippen LogP contribution in [0.15, 0.2) is 53.3 Å². The second-order valence-corrected chi connectivity index (χ2v) is 8.90. The van der Waals surface area contributed by atoms with Gasteiger partial charge in [0.15, 0.2) is 5.82 Å². The van der Waals surface area contributed by atoms with E-state index in [1.165, 1.54) is 12.1 Å². The maximum Gasteiger partial charge on any atom is 0.252 e. The van der Waals surface area contributed by atoms with E-state index in [9.17, 15) is 9.18 Å². The maximum absolute atomic E-state index is 13.3. The largest absolute Gasteiger partial charge is 0.377 e. The van der Waals surface area contributed by atoms with Gasteiger partial charge in [-0.05, 0) is 71.5 Å². The molecule has 1 saturated heterocycles. The van der Waals surface area contributed by atoms with Crippen LogP contribution in [0.4, 0.5) is 4.39 Å². The van der Waals surface area contributed by atoms with Gasteiger partial charge in [0.05, 0.1) is 19.2 Å². The molecular formula is C25H27FN6O2. The number of hydrogen-bond acceptors (Lipinski definition) is 6. The van der Waals surface area contributed by atoms with Crippen molar-refractivity contribution in [3.63, 3.8) is 0 Å². The topological polar surface area (TPSA) is 88.9 Å². The molecule has 2 aromatic heterocycles. The minimum atomic E-state index is -0.278. The molecule has 5 rings (SSSR count). The SMILES string of the molecule is Cc1ccc2[nH]c(=O)c(CN(Cc3nnnn3Cc3ccc(F)cc3)C[C@H]3CCCO3)cc2c1. The van der Waals surface area contributed by atoms with Crippen LogP contribution in [-0.4, -0.2) is 49.3 Å². The van der Waals surface area contributed by atoms with E-state index in [1.54, 1.807) is 16.8 Å². The summed E-state index contributed by atoms with van der Waals surface area (Å²) in [6.45, 7) is 4.81. The molecule has 34 heavy (non-hydrogen) atoms. The first kappa shape index (κ1) is 22.4. The predicted octanol–water partition coefficient (Wildman–Crippen LogP) is 3.19. The number of ether oxygens (including phenoxy) is 1. The van der Waals surface area contributed by atoms with Crippen molar-refractivity contribution in [3.05, 3.63) is 87.2 Å². The van der Waals surface area contributed by atoms with E-state index in [1.807, 2.05) is 25.1 Å². The lowest BCUT2D eigenvalue weighted by molar-refractivity contribution is 0.0663. The third kappa shape index (κ3) is 5.21. The second kappa shape index (κ2) is 9.82. The van der Waals surface area contributed by atoms with Gasteiger partial charge in [0, 0.05) is 30.8 Å². The summed E-state index contributed by atoms with van der Waals surface area (Å²) in [5, 5.41) is 13.2. The Balaban J connectivity index is 1.39. The molecule has 0 saturated carbocycles. The molecule has 0 radical (unpaired) electrons. The number of aryl methyl sites for hydroxylation is 1. The highest BCUT2D eigenvalue weighted by Gasteiger charge is 2.22. The zero-order valence-electron chi connectivity index (χ0n) is 19.1. The zero-order valence-corrected chi connectivity index (χ0v) is 19.1. The molecule has 176 valence electrons. The van der Waals surface area contributed by atoms with Gasteiger partial charge in [-0.1, -0.05) is 23.8 Å². The van der Waals surface area contributed by atoms with Crippen LogP contribution in [0, 0.1) is 12.7 Å². The lowest BCUT2D eigenvalue weighted by atomic mass is 10.1. The monoisotopic (exact) mass is 462 g/mol. The highest BCUT2D eigenvalue weighted by atomic mass is 19.1. The first-order valence-corrected chi connectivity index (χ1v) is 11.5. The molecule has 0 amide bonds. The molecule has 0 bridgehead atoms. The summed E-state index contributed by atoms with van der Waals surface area (Å²) in [6, 6.07) is 14.3. The highest BCUT2D eigenvalue weighted by Crippen LogP contribution is 2.18. The number of aromatic nitrogens is 5. The van der Waals surface area contributed by atoms with Crippen LogP contribution in [0.5, 0.6) is 0 Å². The molecule has 9 heteroatoms. The normalized spacial score (nSPS) is 16.0. The molecule has 0 aliphatic carbocycles. The summed E-state index contributed by atoms with van der Waals surface area (Å²) < 4.78 is 20.9. The van der Waals surface area contributed by atoms with E-state index in [2.05, 4.69) is 31.5 Å². The highest BCUT2D eigenvalue weighted by molar-refractivity contribution is 5.79. The third-order valence-electron chi connectivity index (χ3n) is 6.17. The van der Waals surface area contributed by atoms with Crippen molar-refractivity contribution in [2.24, 2.45) is 0 Å². The molecule has 1 N–H and O–H groups in total. The fraction of sp³-hybridized carbons (Fsp3) is 0.360. The number of benzene rings is 2. The van der Waals surface area contributed by atoms with Crippen LogP contribution in [0.3, 0.4) is 0 Å². The van der Waals surface area contributed by atoms with E-state index in [0.29, 0.717) is 37.6 Å². The zero-order chi connectivity index (χ0) is 23.5. The Labute approximate surface area is 196 Å². The molecule has 0 unspecified atom stereocenters. The number of rotatable bonds is 8. The number of H-pyrrole nitrogens is 1. The number of aromatic amines is 1. The van der Waals surface area contributed by atoms with Gasteiger partial charge in [-0.3, -0.25) is 9.69 Å². The van der Waals surface area contributed by atoms with Crippen molar-refractivity contribution in [1.82, 2.24) is 30.1 Å². The molecule has 4 aromatic rings. The number of nitrogens with zero attached hydrogens (tertiary/aromatic N) is 5. The average molecular weight is 463 g/mol. The van der Waals surface area contributed by atoms with Gasteiger partial charge >= 0.3 is 0 Å². The lowest BCUT2D eigenvalue weighted by Gasteiger charge is -2.24. The minimum absolute atomic E-state index is 0.0976. The van der Waals surface area contributed by atoms with Crippen LogP contribution >= 0.6 is 0 Å². The first-order valence-electron chi connectivity index (χ1n) is 11.5. The Hall–Kier alpha value is -3.43. The number of hydrogen-bond donors (Lipinski definition) is 1. The Morgan fingerprint density at radius 3 is 2.82 bits per heavy atom. The first-order chi connectivity index (χ1) is 16.5. The van der Waals surface area contributed by atoms with Gasteiger partial charge in [0.25, 0.3) is 5.56 Å². The van der Waals surface area contributed by atoms with Crippen molar-refractivity contribution >= 4 is 10.9 Å². The summed E-state index contributed by atoms with van der Waals surface area (Å²) >= 11 is 0. The summed E-state index contributed by atoms with van der Waals surface area (Å²) in [4.78, 5) is 18.0. The Morgan fingerprint density at radius 1 is 1.18 bits per heavy atom. The lowest BCUT2D eigenvalue weighted by Crippen LogP contribution is -2.34. The average Bonchev–Trinajstić information content (AvgIpc) is 3.48. The minimum Gasteiger partial charge on any atom is -0.377 e. The number of pyridine rings is 1. The van der Waals surface area contributed by atoms with Crippen LogP contribution in [0.1, 0.15) is 35.4 Å². The Bertz CT molecular complexity index is 1330. The van der Waals surface area contributed by atoms with Gasteiger partial charge in [-0.2, -0.15) is 0 Å². The van der Waals surface area contributed by atoms with Gasteiger partial charge in [0.2, 0.25) is 0 Å². The van der Waals surface area contributed by atoms with Crippen molar-refractivity contribution in [2.45, 2.75) is 45.5 Å². The van der Waals surface area contributed by atoms with Gasteiger partial charge < -0.3 is 9.72 Å². The van der Waals surface area contributed by atoms with Crippen molar-refractivity contribution in [1.29, 1.82) is 0 Å². The van der Waals surface area contributed by atoms with Crippen molar-refractivity contribution < 1.29 is 9.13 Å². The molecule has 1 atom stereocenters. The van der Waals surface area contributed by atoms with E-state index < -0.39 is 0 Å². The molecular weight excluding hydrogens is 435 g/mol. The summed E-state index contributed by atoms with van der Waals surface area (Å²) in [5.41, 5.74) is 3.46. The molecule has 1 aliphatic heterocycles. The van der Waals surface area contributed by atoms with Gasteiger partial charge in [-0.25, -0.2) is 9.07 Å². The standard InChI is InChI=1S/C25H27FN6O2/c1-17-4-9-23-19(11-17)12-20(25(33)27-23)14-31(15-22-3-2-10-34-22)16-24-28-29-30-32(24)13-18-5-7-21(26)8-6-18/h4-9,11-12,22H,2-3,10,13-16H2,1H3,(H,27,33)/t22-/m1/s1. The third-order valence-corrected chi connectivity index (χ3v) is 6.17.